The van der Waals surface area contributed by atoms with Crippen molar-refractivity contribution < 1.29 is 19.4 Å². The number of morpholine rings is 1. The summed E-state index contributed by atoms with van der Waals surface area (Å²) >= 11 is 0. The Morgan fingerprint density at radius 2 is 2.36 bits per heavy atom. The molecule has 1 N–H and O–H groups in total. The second-order valence-corrected chi connectivity index (χ2v) is 5.22. The summed E-state index contributed by atoms with van der Waals surface area (Å²) in [7, 11) is 1.63. The van der Waals surface area contributed by atoms with E-state index in [0.717, 1.165) is 28.9 Å². The van der Waals surface area contributed by atoms with Crippen LogP contribution in [0.2, 0.25) is 0 Å². The normalized spacial score (nSPS) is 18.4. The lowest BCUT2D eigenvalue weighted by Crippen LogP contribution is -2.43. The smallest absolute Gasteiger partial charge is 0.306 e. The molecule has 1 saturated heterocycles. The number of carboxylic acid groups (broad SMARTS) is 1. The summed E-state index contributed by atoms with van der Waals surface area (Å²) in [4.78, 5) is 17.4. The highest BCUT2D eigenvalue weighted by Crippen LogP contribution is 2.31. The number of hydrogen-bond donors (Lipinski definition) is 1. The van der Waals surface area contributed by atoms with Gasteiger partial charge in [0, 0.05) is 30.4 Å². The van der Waals surface area contributed by atoms with Gasteiger partial charge in [0.15, 0.2) is 0 Å². The fraction of sp³-hybridized carbons (Fsp3) is 0.375. The molecule has 116 valence electrons. The fourth-order valence-corrected chi connectivity index (χ4v) is 2.83. The fourth-order valence-electron chi connectivity index (χ4n) is 2.83. The molecule has 1 atom stereocenters. The van der Waals surface area contributed by atoms with Gasteiger partial charge >= 0.3 is 5.97 Å². The lowest BCUT2D eigenvalue weighted by Gasteiger charge is -2.34. The lowest BCUT2D eigenvalue weighted by atomic mass is 10.1. The van der Waals surface area contributed by atoms with Crippen molar-refractivity contribution in [3.8, 4) is 5.75 Å². The first kappa shape index (κ1) is 14.6. The molecule has 1 aliphatic rings. The monoisotopic (exact) mass is 302 g/mol. The summed E-state index contributed by atoms with van der Waals surface area (Å²) < 4.78 is 10.9. The topological polar surface area (TPSA) is 71.9 Å². The number of para-hydroxylation sites is 1. The Morgan fingerprint density at radius 1 is 1.50 bits per heavy atom. The van der Waals surface area contributed by atoms with Crippen LogP contribution in [0, 0.1) is 0 Å². The number of nitrogens with zero attached hydrogens (tertiary/aromatic N) is 2. The molecule has 0 spiro atoms. The van der Waals surface area contributed by atoms with Gasteiger partial charge in [-0.2, -0.15) is 0 Å². The lowest BCUT2D eigenvalue weighted by molar-refractivity contribution is -0.140. The second kappa shape index (κ2) is 6.19. The molecule has 6 nitrogen and oxygen atoms in total. The molecule has 6 heteroatoms. The average Bonchev–Trinajstić information content (AvgIpc) is 2.53. The number of aliphatic carboxylic acids is 1. The average molecular weight is 302 g/mol. The van der Waals surface area contributed by atoms with Crippen molar-refractivity contribution in [3.05, 3.63) is 30.5 Å². The third-order valence-electron chi connectivity index (χ3n) is 3.81. The van der Waals surface area contributed by atoms with E-state index in [1.165, 1.54) is 0 Å². The summed E-state index contributed by atoms with van der Waals surface area (Å²) in [5, 5.41) is 9.94. The number of fused-ring (bicyclic) bond motifs is 1. The van der Waals surface area contributed by atoms with Crippen LogP contribution in [0.5, 0.6) is 5.75 Å². The van der Waals surface area contributed by atoms with Crippen molar-refractivity contribution in [2.24, 2.45) is 0 Å². The van der Waals surface area contributed by atoms with Crippen molar-refractivity contribution in [2.75, 3.05) is 31.7 Å². The summed E-state index contributed by atoms with van der Waals surface area (Å²) in [6.07, 6.45) is 1.48. The third kappa shape index (κ3) is 2.82. The van der Waals surface area contributed by atoms with Gasteiger partial charge in [0.2, 0.25) is 0 Å². The summed E-state index contributed by atoms with van der Waals surface area (Å²) in [6, 6.07) is 7.76. The Labute approximate surface area is 128 Å². The van der Waals surface area contributed by atoms with E-state index in [1.807, 2.05) is 24.3 Å². The number of benzene rings is 1. The zero-order valence-corrected chi connectivity index (χ0v) is 12.4. The SMILES string of the molecule is COc1cccc2c(N3CCOC(CC(=O)O)C3)ccnc12. The molecular formula is C16H18N2O4. The number of anilines is 1. The maximum absolute atomic E-state index is 10.9. The molecule has 2 aromatic rings. The number of hydrogen-bond acceptors (Lipinski definition) is 5. The number of carboxylic acids is 1. The molecule has 1 fully saturated rings. The number of rotatable bonds is 4. The minimum absolute atomic E-state index is 0.0167. The van der Waals surface area contributed by atoms with Crippen LogP contribution in [0.15, 0.2) is 30.5 Å². The van der Waals surface area contributed by atoms with E-state index in [0.29, 0.717) is 13.2 Å². The highest BCUT2D eigenvalue weighted by atomic mass is 16.5. The molecule has 2 heterocycles. The Kier molecular flexibility index (Phi) is 4.11. The number of pyridine rings is 1. The van der Waals surface area contributed by atoms with Crippen LogP contribution in [-0.4, -0.2) is 49.0 Å². The van der Waals surface area contributed by atoms with Crippen molar-refractivity contribution >= 4 is 22.6 Å². The maximum atomic E-state index is 10.9. The van der Waals surface area contributed by atoms with E-state index in [2.05, 4.69) is 9.88 Å². The molecule has 0 aliphatic carbocycles. The quantitative estimate of drug-likeness (QED) is 0.930. The Bertz CT molecular complexity index is 689. The molecule has 1 aromatic carbocycles. The molecule has 0 amide bonds. The van der Waals surface area contributed by atoms with Gasteiger partial charge in [-0.1, -0.05) is 12.1 Å². The highest BCUT2D eigenvalue weighted by molar-refractivity contribution is 5.95. The number of carbonyl (C=O) groups is 1. The molecule has 0 radical (unpaired) electrons. The van der Waals surface area contributed by atoms with Gasteiger partial charge in [-0.15, -0.1) is 0 Å². The van der Waals surface area contributed by atoms with E-state index < -0.39 is 5.97 Å². The van der Waals surface area contributed by atoms with Crippen LogP contribution in [0.1, 0.15) is 6.42 Å². The first-order valence-corrected chi connectivity index (χ1v) is 7.19. The molecule has 22 heavy (non-hydrogen) atoms. The van der Waals surface area contributed by atoms with Crippen molar-refractivity contribution in [1.29, 1.82) is 0 Å². The van der Waals surface area contributed by atoms with Gasteiger partial charge in [-0.05, 0) is 12.1 Å². The van der Waals surface area contributed by atoms with Crippen LogP contribution in [-0.2, 0) is 9.53 Å². The first-order valence-electron chi connectivity index (χ1n) is 7.19. The standard InChI is InChI=1S/C16H18N2O4/c1-21-14-4-2-3-12-13(5-6-17-16(12)14)18-7-8-22-11(10-18)9-15(19)20/h2-6,11H,7-10H2,1H3,(H,19,20). The molecular weight excluding hydrogens is 284 g/mol. The van der Waals surface area contributed by atoms with Crippen LogP contribution in [0.25, 0.3) is 10.9 Å². The van der Waals surface area contributed by atoms with E-state index in [9.17, 15) is 4.79 Å². The maximum Gasteiger partial charge on any atom is 0.306 e. The zero-order chi connectivity index (χ0) is 15.5. The minimum Gasteiger partial charge on any atom is -0.494 e. The molecule has 1 unspecified atom stereocenters. The molecule has 0 saturated carbocycles. The van der Waals surface area contributed by atoms with Gasteiger partial charge < -0.3 is 19.5 Å². The van der Waals surface area contributed by atoms with Gasteiger partial charge in [-0.3, -0.25) is 9.78 Å². The van der Waals surface area contributed by atoms with E-state index >= 15 is 0 Å². The van der Waals surface area contributed by atoms with E-state index in [-0.39, 0.29) is 12.5 Å². The predicted octanol–water partition coefficient (Wildman–Crippen LogP) is 1.92. The van der Waals surface area contributed by atoms with Gasteiger partial charge in [0.25, 0.3) is 0 Å². The predicted molar refractivity (Wildman–Crippen MR) is 82.5 cm³/mol. The van der Waals surface area contributed by atoms with Crippen LogP contribution < -0.4 is 9.64 Å². The Hall–Kier alpha value is -2.34. The number of aromatic nitrogens is 1. The second-order valence-electron chi connectivity index (χ2n) is 5.22. The van der Waals surface area contributed by atoms with Crippen LogP contribution in [0.4, 0.5) is 5.69 Å². The minimum atomic E-state index is -0.840. The van der Waals surface area contributed by atoms with Crippen LogP contribution >= 0.6 is 0 Å². The third-order valence-corrected chi connectivity index (χ3v) is 3.81. The number of methoxy groups -OCH3 is 1. The van der Waals surface area contributed by atoms with Gasteiger partial charge in [0.05, 0.1) is 26.2 Å². The van der Waals surface area contributed by atoms with Gasteiger partial charge in [0.1, 0.15) is 11.3 Å². The van der Waals surface area contributed by atoms with Crippen molar-refractivity contribution in [3.63, 3.8) is 0 Å². The van der Waals surface area contributed by atoms with E-state index in [4.69, 9.17) is 14.6 Å². The van der Waals surface area contributed by atoms with Crippen molar-refractivity contribution in [2.45, 2.75) is 12.5 Å². The largest absolute Gasteiger partial charge is 0.494 e. The summed E-state index contributed by atoms with van der Waals surface area (Å²) in [6.45, 7) is 1.81. The Balaban J connectivity index is 1.94. The number of ether oxygens (including phenoxy) is 2. The van der Waals surface area contributed by atoms with Crippen molar-refractivity contribution in [1.82, 2.24) is 4.98 Å². The Morgan fingerprint density at radius 3 is 3.14 bits per heavy atom. The molecule has 0 bridgehead atoms. The molecule has 3 rings (SSSR count). The molecule has 1 aliphatic heterocycles. The summed E-state index contributed by atoms with van der Waals surface area (Å²) in [5.41, 5.74) is 1.84. The van der Waals surface area contributed by atoms with E-state index in [1.54, 1.807) is 13.3 Å². The first-order chi connectivity index (χ1) is 10.7. The zero-order valence-electron chi connectivity index (χ0n) is 12.4. The summed E-state index contributed by atoms with van der Waals surface area (Å²) in [5.74, 6) is -0.109. The van der Waals surface area contributed by atoms with Crippen LogP contribution in [0.3, 0.4) is 0 Å². The molecule has 1 aromatic heterocycles. The highest BCUT2D eigenvalue weighted by Gasteiger charge is 2.24. The van der Waals surface area contributed by atoms with Gasteiger partial charge in [-0.25, -0.2) is 0 Å².